The summed E-state index contributed by atoms with van der Waals surface area (Å²) >= 11 is 0. The monoisotopic (exact) mass is 522 g/mol. The van der Waals surface area contributed by atoms with Gasteiger partial charge in [-0.2, -0.15) is 0 Å². The van der Waals surface area contributed by atoms with Crippen LogP contribution in [0.25, 0.3) is 0 Å². The lowest BCUT2D eigenvalue weighted by molar-refractivity contribution is -0.125. The van der Waals surface area contributed by atoms with Gasteiger partial charge in [0.05, 0.1) is 0 Å². The van der Waals surface area contributed by atoms with Crippen molar-refractivity contribution in [3.8, 4) is 0 Å². The summed E-state index contributed by atoms with van der Waals surface area (Å²) in [6.07, 6.45) is 2.72. The van der Waals surface area contributed by atoms with Gasteiger partial charge in [-0.1, -0.05) is 71.0 Å². The predicted octanol–water partition coefficient (Wildman–Crippen LogP) is 4.42. The standard InChI is InChI=1S/C31H46N4O3/c1-6-16-35(17-7-2)31(38)26-15-11-14-25(20-26)30(37)34-28(19-24-12-9-8-10-13-24)27(32)18-23(5)29(36)33-21-22(3)4/h8-15,20,22-23,27-28H,6-7,16-19,21,32H2,1-5H3,(H,33,36)(H,34,37)/t23-,27+,28+/m1/s1. The smallest absolute Gasteiger partial charge is 0.253 e. The third-order valence-electron chi connectivity index (χ3n) is 6.54. The van der Waals surface area contributed by atoms with Crippen molar-refractivity contribution in [1.82, 2.24) is 15.5 Å². The van der Waals surface area contributed by atoms with E-state index in [1.807, 2.05) is 56.0 Å². The quantitative estimate of drug-likeness (QED) is 0.322. The molecule has 38 heavy (non-hydrogen) atoms. The summed E-state index contributed by atoms with van der Waals surface area (Å²) in [5, 5.41) is 6.07. The van der Waals surface area contributed by atoms with Gasteiger partial charge in [0.15, 0.2) is 0 Å². The molecule has 0 aromatic heterocycles. The first-order valence-corrected chi connectivity index (χ1v) is 13.9. The first kappa shape index (κ1) is 31.0. The maximum Gasteiger partial charge on any atom is 0.253 e. The Kier molecular flexibility index (Phi) is 13.0. The van der Waals surface area contributed by atoms with Crippen LogP contribution in [-0.4, -0.2) is 54.3 Å². The Hall–Kier alpha value is -3.19. The summed E-state index contributed by atoms with van der Waals surface area (Å²) in [4.78, 5) is 40.9. The highest BCUT2D eigenvalue weighted by atomic mass is 16.2. The summed E-state index contributed by atoms with van der Waals surface area (Å²) in [7, 11) is 0. The van der Waals surface area contributed by atoms with Gasteiger partial charge in [0, 0.05) is 48.8 Å². The zero-order valence-corrected chi connectivity index (χ0v) is 23.7. The van der Waals surface area contributed by atoms with Crippen LogP contribution in [0.3, 0.4) is 0 Å². The molecule has 0 heterocycles. The molecule has 2 aromatic carbocycles. The minimum atomic E-state index is -0.437. The zero-order chi connectivity index (χ0) is 28.1. The second-order valence-electron chi connectivity index (χ2n) is 10.6. The fourth-order valence-electron chi connectivity index (χ4n) is 4.42. The molecule has 0 fully saturated rings. The molecule has 0 saturated carbocycles. The lowest BCUT2D eigenvalue weighted by Crippen LogP contribution is -2.50. The van der Waals surface area contributed by atoms with E-state index in [1.165, 1.54) is 0 Å². The molecule has 7 heteroatoms. The summed E-state index contributed by atoms with van der Waals surface area (Å²) in [5.74, 6) is -0.312. The number of hydrogen-bond donors (Lipinski definition) is 3. The van der Waals surface area contributed by atoms with Crippen LogP contribution in [-0.2, 0) is 11.2 Å². The molecule has 0 aliphatic carbocycles. The Bertz CT molecular complexity index is 1020. The minimum absolute atomic E-state index is 0.0335. The van der Waals surface area contributed by atoms with Crippen molar-refractivity contribution in [1.29, 1.82) is 0 Å². The normalized spacial score (nSPS) is 13.4. The number of amides is 3. The van der Waals surface area contributed by atoms with E-state index in [0.29, 0.717) is 49.5 Å². The number of rotatable bonds is 15. The molecular formula is C31H46N4O3. The number of nitrogens with one attached hydrogen (secondary N) is 2. The average molecular weight is 523 g/mol. The number of benzene rings is 2. The van der Waals surface area contributed by atoms with Crippen molar-refractivity contribution < 1.29 is 14.4 Å². The fourth-order valence-corrected chi connectivity index (χ4v) is 4.42. The van der Waals surface area contributed by atoms with Crippen LogP contribution in [0, 0.1) is 11.8 Å². The van der Waals surface area contributed by atoms with Gasteiger partial charge < -0.3 is 21.3 Å². The maximum atomic E-state index is 13.4. The highest BCUT2D eigenvalue weighted by Gasteiger charge is 2.26. The molecule has 2 aromatic rings. The lowest BCUT2D eigenvalue weighted by atomic mass is 9.91. The summed E-state index contributed by atoms with van der Waals surface area (Å²) in [6.45, 7) is 12.0. The SMILES string of the molecule is CCCN(CCC)C(=O)c1cccc(C(=O)N[C@@H](Cc2ccccc2)[C@@H](N)C[C@@H](C)C(=O)NCC(C)C)c1. The molecule has 0 unspecified atom stereocenters. The first-order valence-electron chi connectivity index (χ1n) is 13.9. The van der Waals surface area contributed by atoms with Crippen molar-refractivity contribution in [2.45, 2.75) is 72.4 Å². The second-order valence-corrected chi connectivity index (χ2v) is 10.6. The van der Waals surface area contributed by atoms with Gasteiger partial charge in [-0.25, -0.2) is 0 Å². The van der Waals surface area contributed by atoms with E-state index < -0.39 is 6.04 Å². The van der Waals surface area contributed by atoms with Gasteiger partial charge in [-0.05, 0) is 55.4 Å². The van der Waals surface area contributed by atoms with Crippen LogP contribution < -0.4 is 16.4 Å². The molecular weight excluding hydrogens is 476 g/mol. The predicted molar refractivity (Wildman–Crippen MR) is 154 cm³/mol. The van der Waals surface area contributed by atoms with Gasteiger partial charge in [0.2, 0.25) is 5.91 Å². The number of nitrogens with two attached hydrogens (primary N) is 1. The molecule has 3 atom stereocenters. The Balaban J connectivity index is 2.19. The number of hydrogen-bond acceptors (Lipinski definition) is 4. The molecule has 2 rings (SSSR count). The largest absolute Gasteiger partial charge is 0.356 e. The Morgan fingerprint density at radius 1 is 0.895 bits per heavy atom. The van der Waals surface area contributed by atoms with Crippen LogP contribution in [0.5, 0.6) is 0 Å². The highest BCUT2D eigenvalue weighted by molar-refractivity contribution is 5.99. The van der Waals surface area contributed by atoms with Crippen LogP contribution >= 0.6 is 0 Å². The van der Waals surface area contributed by atoms with E-state index in [1.54, 1.807) is 24.3 Å². The van der Waals surface area contributed by atoms with Crippen molar-refractivity contribution in [3.05, 3.63) is 71.3 Å². The average Bonchev–Trinajstić information content (AvgIpc) is 2.91. The van der Waals surface area contributed by atoms with Crippen molar-refractivity contribution >= 4 is 17.7 Å². The molecule has 3 amide bonds. The molecule has 4 N–H and O–H groups in total. The van der Waals surface area contributed by atoms with Gasteiger partial charge in [-0.15, -0.1) is 0 Å². The van der Waals surface area contributed by atoms with Gasteiger partial charge in [-0.3, -0.25) is 14.4 Å². The molecule has 0 aliphatic heterocycles. The van der Waals surface area contributed by atoms with Gasteiger partial charge in [0.1, 0.15) is 0 Å². The van der Waals surface area contributed by atoms with E-state index in [-0.39, 0.29) is 29.7 Å². The third-order valence-corrected chi connectivity index (χ3v) is 6.54. The van der Waals surface area contributed by atoms with E-state index in [0.717, 1.165) is 18.4 Å². The summed E-state index contributed by atoms with van der Waals surface area (Å²) in [5.41, 5.74) is 8.57. The topological polar surface area (TPSA) is 105 Å². The molecule has 208 valence electrons. The van der Waals surface area contributed by atoms with Gasteiger partial charge in [0.25, 0.3) is 11.8 Å². The van der Waals surface area contributed by atoms with Crippen LogP contribution in [0.1, 0.15) is 80.2 Å². The summed E-state index contributed by atoms with van der Waals surface area (Å²) in [6, 6.07) is 15.9. The Labute approximate surface area is 228 Å². The van der Waals surface area contributed by atoms with E-state index in [9.17, 15) is 14.4 Å². The molecule has 0 radical (unpaired) electrons. The number of carbonyl (C=O) groups is 3. The van der Waals surface area contributed by atoms with Crippen LogP contribution in [0.15, 0.2) is 54.6 Å². The summed E-state index contributed by atoms with van der Waals surface area (Å²) < 4.78 is 0. The Morgan fingerprint density at radius 2 is 1.53 bits per heavy atom. The van der Waals surface area contributed by atoms with E-state index in [4.69, 9.17) is 5.73 Å². The first-order chi connectivity index (χ1) is 18.2. The zero-order valence-electron chi connectivity index (χ0n) is 23.7. The number of carbonyl (C=O) groups excluding carboxylic acids is 3. The minimum Gasteiger partial charge on any atom is -0.356 e. The highest BCUT2D eigenvalue weighted by Crippen LogP contribution is 2.15. The maximum absolute atomic E-state index is 13.4. The van der Waals surface area contributed by atoms with Crippen molar-refractivity contribution in [2.24, 2.45) is 17.6 Å². The Morgan fingerprint density at radius 3 is 2.13 bits per heavy atom. The van der Waals surface area contributed by atoms with Gasteiger partial charge >= 0.3 is 0 Å². The third kappa shape index (κ3) is 9.93. The molecule has 7 nitrogen and oxygen atoms in total. The molecule has 0 bridgehead atoms. The second kappa shape index (κ2) is 15.9. The van der Waals surface area contributed by atoms with Crippen LogP contribution in [0.2, 0.25) is 0 Å². The molecule has 0 aliphatic rings. The fraction of sp³-hybridized carbons (Fsp3) is 0.516. The number of nitrogens with zero attached hydrogens (tertiary/aromatic N) is 1. The van der Waals surface area contributed by atoms with E-state index in [2.05, 4.69) is 24.5 Å². The lowest BCUT2D eigenvalue weighted by Gasteiger charge is -2.27. The van der Waals surface area contributed by atoms with E-state index >= 15 is 0 Å². The van der Waals surface area contributed by atoms with Crippen molar-refractivity contribution in [2.75, 3.05) is 19.6 Å². The molecule has 0 spiro atoms. The van der Waals surface area contributed by atoms with Crippen molar-refractivity contribution in [3.63, 3.8) is 0 Å². The van der Waals surface area contributed by atoms with Crippen LogP contribution in [0.4, 0.5) is 0 Å². The molecule has 0 saturated heterocycles.